The molecule has 0 bridgehead atoms. The summed E-state index contributed by atoms with van der Waals surface area (Å²) in [5.41, 5.74) is 12.2. The van der Waals surface area contributed by atoms with Crippen LogP contribution >= 0.6 is 15.9 Å². The number of alkyl halides is 6. The number of ketones is 1. The predicted octanol–water partition coefficient (Wildman–Crippen LogP) is 9.29. The average molecular weight is 1510 g/mol. The number of carboxylic acid groups (broad SMARTS) is 1. The molecule has 0 saturated carbocycles. The largest absolute Gasteiger partial charge is 0.490 e. The number of nitrogens with two attached hydrogens (primary N) is 1. The molecule has 0 radical (unpaired) electrons. The highest BCUT2D eigenvalue weighted by atomic mass is 79.9. The van der Waals surface area contributed by atoms with E-state index in [1.54, 1.807) is 68.4 Å². The summed E-state index contributed by atoms with van der Waals surface area (Å²) < 4.78 is 124. The third-order valence-corrected chi connectivity index (χ3v) is 14.3. The summed E-state index contributed by atoms with van der Waals surface area (Å²) in [4.78, 5) is 64.5. The maximum absolute atomic E-state index is 12.8. The first-order chi connectivity index (χ1) is 49.7. The Morgan fingerprint density at radius 2 is 0.952 bits per heavy atom. The Bertz CT molecular complexity index is 5100. The molecular formula is C67H59BBrF8N17O10. The molecule has 0 amide bonds. The number of carbonyl (C=O) groups is 3. The first kappa shape index (κ1) is 77.4. The first-order valence-electron chi connectivity index (χ1n) is 30.3. The molecule has 14 aromatic heterocycles. The molecule has 0 aliphatic carbocycles. The molecule has 37 heteroatoms. The summed E-state index contributed by atoms with van der Waals surface area (Å²) in [6, 6.07) is 37.0. The number of Topliss-reactive ketones (excluding diaryl/α,β-unsaturated/α-hetero) is 1. The lowest BCUT2D eigenvalue weighted by atomic mass is 9.82. The number of aliphatic hydroxyl groups excluding tert-OH is 1. The lowest BCUT2D eigenvalue weighted by Crippen LogP contribution is -2.30. The number of pyridine rings is 8. The third kappa shape index (κ3) is 22.1. The number of halogens is 9. The summed E-state index contributed by atoms with van der Waals surface area (Å²) in [5, 5.41) is 40.6. The second-order valence-corrected chi connectivity index (χ2v) is 21.8. The number of hydrogen-bond donors (Lipinski definition) is 5. The first-order valence-corrected chi connectivity index (χ1v) is 31.1. The van der Waals surface area contributed by atoms with E-state index in [-0.39, 0.29) is 41.8 Å². The number of aryl methyl sites for hydroxylation is 2. The minimum absolute atomic E-state index is 0.0364. The smallest absolute Gasteiger partial charge is 0.479 e. The molecule has 104 heavy (non-hydrogen) atoms. The number of fused-ring (bicyclic) bond motifs is 4. The molecule has 0 aliphatic rings. The summed E-state index contributed by atoms with van der Waals surface area (Å²) in [5.74, 6) is -2.72. The van der Waals surface area contributed by atoms with Gasteiger partial charge in [0.05, 0.1) is 60.6 Å². The Balaban J connectivity index is 0.000000162. The Morgan fingerprint density at radius 1 is 0.529 bits per heavy atom. The zero-order valence-electron chi connectivity index (χ0n) is 54.6. The molecule has 6 N–H and O–H groups in total. The topological polar surface area (TPSA) is 342 Å². The van der Waals surface area contributed by atoms with Crippen molar-refractivity contribution in [3.63, 3.8) is 0 Å². The highest BCUT2D eigenvalue weighted by molar-refractivity contribution is 9.10. The number of ether oxygens (including phenoxy) is 3. The van der Waals surface area contributed by atoms with E-state index in [1.165, 1.54) is 32.4 Å². The number of anilines is 1. The Kier molecular flexibility index (Phi) is 27.0. The molecular weight excluding hydrogens is 1450 g/mol. The van der Waals surface area contributed by atoms with Crippen molar-refractivity contribution in [2.24, 2.45) is 14.1 Å². The zero-order valence-corrected chi connectivity index (χ0v) is 56.2. The van der Waals surface area contributed by atoms with Crippen LogP contribution < -0.4 is 20.7 Å². The van der Waals surface area contributed by atoms with Crippen LogP contribution in [0.5, 0.6) is 11.8 Å². The molecule has 0 aromatic carbocycles. The van der Waals surface area contributed by atoms with Crippen molar-refractivity contribution in [3.8, 4) is 45.5 Å². The van der Waals surface area contributed by atoms with Crippen molar-refractivity contribution in [1.82, 2.24) is 77.0 Å². The van der Waals surface area contributed by atoms with E-state index in [0.717, 1.165) is 85.4 Å². The van der Waals surface area contributed by atoms with E-state index >= 15 is 0 Å². The molecule has 14 rings (SSSR count). The molecule has 0 spiro atoms. The number of esters is 1. The fraction of sp³-hybridized carbons (Fsp3) is 0.149. The number of aromatic nitrogens is 16. The van der Waals surface area contributed by atoms with Crippen LogP contribution in [0.1, 0.15) is 24.0 Å². The van der Waals surface area contributed by atoms with Crippen molar-refractivity contribution in [3.05, 3.63) is 241 Å². The van der Waals surface area contributed by atoms with Gasteiger partial charge >= 0.3 is 31.4 Å². The van der Waals surface area contributed by atoms with Crippen molar-refractivity contribution in [2.75, 3.05) is 32.2 Å². The van der Waals surface area contributed by atoms with Crippen LogP contribution in [0.2, 0.25) is 0 Å². The molecule has 0 fully saturated rings. The molecule has 14 aromatic rings. The fourth-order valence-electron chi connectivity index (χ4n) is 9.02. The Morgan fingerprint density at radius 3 is 1.31 bits per heavy atom. The summed E-state index contributed by atoms with van der Waals surface area (Å²) in [6.07, 6.45) is 11.4. The second-order valence-electron chi connectivity index (χ2n) is 21.0. The predicted molar refractivity (Wildman–Crippen MR) is 364 cm³/mol. The van der Waals surface area contributed by atoms with E-state index in [4.69, 9.17) is 35.5 Å². The number of nitrogen functional groups attached to an aromatic ring is 1. The van der Waals surface area contributed by atoms with Crippen LogP contribution in [0.25, 0.3) is 56.4 Å². The van der Waals surface area contributed by atoms with Crippen molar-refractivity contribution in [1.29, 1.82) is 0 Å². The second kappa shape index (κ2) is 36.3. The van der Waals surface area contributed by atoms with Crippen LogP contribution in [0, 0.1) is 11.9 Å². The lowest BCUT2D eigenvalue weighted by molar-refractivity contribution is -0.146. The van der Waals surface area contributed by atoms with E-state index in [0.29, 0.717) is 16.0 Å². The molecule has 0 saturated heterocycles. The van der Waals surface area contributed by atoms with Gasteiger partial charge in [0.15, 0.2) is 12.4 Å². The van der Waals surface area contributed by atoms with Crippen LogP contribution in [0.15, 0.2) is 212 Å². The Hall–Kier alpha value is -12.3. The van der Waals surface area contributed by atoms with Gasteiger partial charge in [-0.1, -0.05) is 30.3 Å². The van der Waals surface area contributed by atoms with E-state index in [2.05, 4.69) is 70.7 Å². The molecule has 14 heterocycles. The average Bonchev–Trinajstić information content (AvgIpc) is 1.67. The molecule has 0 aliphatic heterocycles. The van der Waals surface area contributed by atoms with E-state index < -0.39 is 73.7 Å². The minimum atomic E-state index is -4.52. The third-order valence-electron chi connectivity index (χ3n) is 13.7. The number of carboxylic acids is 1. The molecule has 27 nitrogen and oxygen atoms in total. The summed E-state index contributed by atoms with van der Waals surface area (Å²) in [6.45, 7) is 0.780. The van der Waals surface area contributed by atoms with Gasteiger partial charge in [0.25, 0.3) is 0 Å². The van der Waals surface area contributed by atoms with Gasteiger partial charge in [-0.15, -0.1) is 0 Å². The van der Waals surface area contributed by atoms with Crippen molar-refractivity contribution in [2.45, 2.75) is 25.7 Å². The van der Waals surface area contributed by atoms with Gasteiger partial charge in [-0.25, -0.2) is 49.5 Å². The minimum Gasteiger partial charge on any atom is -0.479 e. The van der Waals surface area contributed by atoms with Crippen molar-refractivity contribution < 1.29 is 84.0 Å². The monoisotopic (exact) mass is 1500 g/mol. The molecule has 0 unspecified atom stereocenters. The summed E-state index contributed by atoms with van der Waals surface area (Å²) >= 11 is 3.37. The van der Waals surface area contributed by atoms with E-state index in [9.17, 15) is 49.5 Å². The number of imidazole rings is 4. The zero-order chi connectivity index (χ0) is 75.1. The normalized spacial score (nSPS) is 10.8. The van der Waals surface area contributed by atoms with Crippen LogP contribution in [0.4, 0.5) is 40.9 Å². The highest BCUT2D eigenvalue weighted by Crippen LogP contribution is 2.31. The van der Waals surface area contributed by atoms with Crippen LogP contribution in [0.3, 0.4) is 0 Å². The SMILES string of the molecule is Brc1cnc2ccccn12.CCOC(=O)CO.Cn1nc(CC(=O)COc2ccc(-c3cnc4ccccn34)cn2)cc1C(F)(F)F.Cn1nc(N)cc1C(F)(F)F.Fc1ccc(-c2cnc3ccccn23)cn1.O=C(O)COc1ccc(-c2cnc3ccccn23)cn1.OB(O)c1ccc(F)nc1. The number of nitrogens with zero attached hydrogens (tertiary/aromatic N) is 16. The number of rotatable bonds is 14. The number of aliphatic hydroxyl groups is 1. The maximum atomic E-state index is 12.8. The fourth-order valence-corrected chi connectivity index (χ4v) is 9.43. The van der Waals surface area contributed by atoms with Gasteiger partial charge in [-0.2, -0.15) is 45.3 Å². The molecule has 538 valence electrons. The van der Waals surface area contributed by atoms with Gasteiger partial charge < -0.3 is 40.2 Å². The quantitative estimate of drug-likeness (QED) is 0.0293. The summed E-state index contributed by atoms with van der Waals surface area (Å²) in [7, 11) is 0.801. The van der Waals surface area contributed by atoms with Gasteiger partial charge in [0.2, 0.25) is 23.7 Å². The number of aliphatic carboxylic acids is 1. The Labute approximate surface area is 592 Å². The van der Waals surface area contributed by atoms with Crippen LogP contribution in [-0.2, 0) is 52.0 Å². The lowest BCUT2D eigenvalue weighted by Gasteiger charge is -2.05. The van der Waals surface area contributed by atoms with Gasteiger partial charge in [0, 0.05) is 104 Å². The van der Waals surface area contributed by atoms with Gasteiger partial charge in [-0.3, -0.25) is 31.8 Å². The molecule has 0 atom stereocenters. The standard InChI is InChI=1S/C20H16F3N5O2.C14H11N3O3.C12H8FN3.C7H5BrN2.C5H5BFNO2.C5H6F3N3.C4H8O3/c1-27-17(20(21,22)23)9-14(26-27)8-15(29)12-30-19-6-5-13(10-25-19)16-11-24-18-4-2-3-7-28(16)18;18-14(19)9-20-13-5-4-10(7-16-13)11-8-15-12-3-1-2-6-17(11)12;13-11-5-4-9(7-14-11)10-8-15-12-3-1-2-6-16(10)12;8-6-5-9-7-3-1-2-4-10(6)7;7-5-2-1-4(3-8-5)6(9)10;1-11-3(5(6,7)8)2-4(9)10-11;1-2-7-4(6)3-5/h2-7,9-11H,8,12H2,1H3;1-8H,9H2,(H,18,19);1-8H;1-5H;1-3,9-10H;2H,1H3,(H2,9,10);5H,2-3H2,1H3. The number of hydrogen-bond acceptors (Lipinski definition) is 20. The highest BCUT2D eigenvalue weighted by Gasteiger charge is 2.36. The van der Waals surface area contributed by atoms with Gasteiger partial charge in [0.1, 0.15) is 57.6 Å². The van der Waals surface area contributed by atoms with Gasteiger partial charge in [-0.05, 0) is 108 Å². The van der Waals surface area contributed by atoms with Crippen molar-refractivity contribution >= 4 is 74.6 Å². The van der Waals surface area contributed by atoms with Crippen LogP contribution in [-0.4, -0.2) is 149 Å². The van der Waals surface area contributed by atoms with E-state index in [1.807, 2.05) is 121 Å². The maximum Gasteiger partial charge on any atom is 0.490 e. The number of carbonyl (C=O) groups excluding carboxylic acids is 2.